The fraction of sp³-hybridized carbons (Fsp3) is 0.538. The normalized spacial score (nSPS) is 12.7. The average molecular weight is 207 g/mol. The molecule has 0 radical (unpaired) electrons. The van der Waals surface area contributed by atoms with Crippen LogP contribution in [0.4, 0.5) is 0 Å². The molecule has 0 saturated heterocycles. The van der Waals surface area contributed by atoms with Crippen LogP contribution in [0, 0.1) is 0 Å². The van der Waals surface area contributed by atoms with Crippen molar-refractivity contribution in [1.82, 2.24) is 5.32 Å². The van der Waals surface area contributed by atoms with Crippen molar-refractivity contribution in [2.45, 2.75) is 32.2 Å². The summed E-state index contributed by atoms with van der Waals surface area (Å²) in [4.78, 5) is 0. The third kappa shape index (κ3) is 4.96. The van der Waals surface area contributed by atoms with Crippen LogP contribution in [0.5, 0.6) is 0 Å². The molecule has 0 bridgehead atoms. The lowest BCUT2D eigenvalue weighted by atomic mass is 10.1. The first kappa shape index (κ1) is 12.2. The summed E-state index contributed by atoms with van der Waals surface area (Å²) in [6.07, 6.45) is 3.16. The highest BCUT2D eigenvalue weighted by Gasteiger charge is 2.02. The van der Waals surface area contributed by atoms with Crippen molar-refractivity contribution in [1.29, 1.82) is 0 Å². The summed E-state index contributed by atoms with van der Waals surface area (Å²) in [7, 11) is 0. The van der Waals surface area contributed by atoms with Gasteiger partial charge in [0.15, 0.2) is 0 Å². The van der Waals surface area contributed by atoms with Crippen LogP contribution < -0.4 is 5.32 Å². The highest BCUT2D eigenvalue weighted by atomic mass is 16.2. The van der Waals surface area contributed by atoms with E-state index < -0.39 is 0 Å². The second kappa shape index (κ2) is 7.43. The van der Waals surface area contributed by atoms with Crippen LogP contribution in [0.25, 0.3) is 0 Å². The van der Waals surface area contributed by atoms with Crippen LogP contribution in [0.3, 0.4) is 0 Å². The van der Waals surface area contributed by atoms with Gasteiger partial charge in [0, 0.05) is 12.6 Å². The first-order chi connectivity index (χ1) is 7.34. The molecule has 15 heavy (non-hydrogen) atoms. The number of aliphatic hydroxyl groups excluding tert-OH is 1. The van der Waals surface area contributed by atoms with E-state index in [-0.39, 0.29) is 0 Å². The molecule has 0 aromatic heterocycles. The van der Waals surface area contributed by atoms with Crippen molar-refractivity contribution in [2.75, 3.05) is 13.2 Å². The van der Waals surface area contributed by atoms with Gasteiger partial charge in [-0.1, -0.05) is 30.3 Å². The van der Waals surface area contributed by atoms with Gasteiger partial charge in [0.1, 0.15) is 0 Å². The summed E-state index contributed by atoms with van der Waals surface area (Å²) >= 11 is 0. The quantitative estimate of drug-likeness (QED) is 0.673. The van der Waals surface area contributed by atoms with Crippen LogP contribution in [0.2, 0.25) is 0 Å². The molecule has 0 spiro atoms. The minimum atomic E-state index is 0.314. The lowest BCUT2D eigenvalue weighted by molar-refractivity contribution is 0.282. The van der Waals surface area contributed by atoms with E-state index in [1.54, 1.807) is 0 Å². The van der Waals surface area contributed by atoms with Gasteiger partial charge in [0.2, 0.25) is 0 Å². The van der Waals surface area contributed by atoms with E-state index >= 15 is 0 Å². The van der Waals surface area contributed by atoms with Gasteiger partial charge in [-0.15, -0.1) is 0 Å². The third-order valence-corrected chi connectivity index (χ3v) is 2.58. The van der Waals surface area contributed by atoms with Gasteiger partial charge in [0.05, 0.1) is 0 Å². The molecular formula is C13H21NO. The average Bonchev–Trinajstić information content (AvgIpc) is 2.30. The molecule has 0 aliphatic carbocycles. The molecule has 1 atom stereocenters. The number of hydrogen-bond donors (Lipinski definition) is 2. The van der Waals surface area contributed by atoms with Gasteiger partial charge in [-0.05, 0) is 38.3 Å². The van der Waals surface area contributed by atoms with Crippen molar-refractivity contribution in [2.24, 2.45) is 0 Å². The molecule has 1 rings (SSSR count). The molecule has 0 aliphatic rings. The molecule has 0 saturated carbocycles. The molecular weight excluding hydrogens is 186 g/mol. The smallest absolute Gasteiger partial charge is 0.0431 e. The molecule has 2 heteroatoms. The highest BCUT2D eigenvalue weighted by Crippen LogP contribution is 2.10. The minimum absolute atomic E-state index is 0.314. The zero-order valence-electron chi connectivity index (χ0n) is 9.45. The van der Waals surface area contributed by atoms with Gasteiger partial charge in [-0.25, -0.2) is 0 Å². The van der Waals surface area contributed by atoms with Crippen LogP contribution in [-0.2, 0) is 0 Å². The molecule has 0 amide bonds. The monoisotopic (exact) mass is 207 g/mol. The highest BCUT2D eigenvalue weighted by molar-refractivity contribution is 5.17. The van der Waals surface area contributed by atoms with E-state index in [9.17, 15) is 0 Å². The molecule has 1 aromatic rings. The number of benzene rings is 1. The Morgan fingerprint density at radius 1 is 1.13 bits per heavy atom. The van der Waals surface area contributed by atoms with E-state index in [1.165, 1.54) is 5.56 Å². The van der Waals surface area contributed by atoms with E-state index in [4.69, 9.17) is 5.11 Å². The fourth-order valence-electron chi connectivity index (χ4n) is 1.59. The number of nitrogens with one attached hydrogen (secondary N) is 1. The van der Waals surface area contributed by atoms with Crippen molar-refractivity contribution >= 4 is 0 Å². The van der Waals surface area contributed by atoms with Crippen molar-refractivity contribution in [3.63, 3.8) is 0 Å². The maximum atomic E-state index is 8.63. The third-order valence-electron chi connectivity index (χ3n) is 2.58. The topological polar surface area (TPSA) is 32.3 Å². The summed E-state index contributed by atoms with van der Waals surface area (Å²) in [5.74, 6) is 0. The number of hydrogen-bond acceptors (Lipinski definition) is 2. The Kier molecular flexibility index (Phi) is 6.05. The Labute approximate surface area is 92.3 Å². The van der Waals surface area contributed by atoms with Crippen LogP contribution in [-0.4, -0.2) is 18.3 Å². The van der Waals surface area contributed by atoms with E-state index in [1.807, 2.05) is 6.07 Å². The summed E-state index contributed by atoms with van der Waals surface area (Å²) in [6, 6.07) is 10.9. The number of rotatable bonds is 7. The van der Waals surface area contributed by atoms with E-state index in [2.05, 4.69) is 36.5 Å². The SMILES string of the molecule is C[C@@H](NCCCCCO)c1ccccc1. The lowest BCUT2D eigenvalue weighted by Crippen LogP contribution is -2.19. The van der Waals surface area contributed by atoms with E-state index in [0.29, 0.717) is 12.6 Å². The Morgan fingerprint density at radius 2 is 1.87 bits per heavy atom. The van der Waals surface area contributed by atoms with Gasteiger partial charge in [-0.2, -0.15) is 0 Å². The summed E-state index contributed by atoms with van der Waals surface area (Å²) in [6.45, 7) is 3.52. The van der Waals surface area contributed by atoms with Gasteiger partial charge in [0.25, 0.3) is 0 Å². The Bertz CT molecular complexity index is 248. The predicted molar refractivity (Wildman–Crippen MR) is 63.8 cm³/mol. The zero-order chi connectivity index (χ0) is 10.9. The Morgan fingerprint density at radius 3 is 2.53 bits per heavy atom. The largest absolute Gasteiger partial charge is 0.396 e. The van der Waals surface area contributed by atoms with Crippen LogP contribution in [0.15, 0.2) is 30.3 Å². The number of unbranched alkanes of at least 4 members (excludes halogenated alkanes) is 2. The lowest BCUT2D eigenvalue weighted by Gasteiger charge is -2.13. The summed E-state index contributed by atoms with van der Waals surface area (Å²) < 4.78 is 0. The van der Waals surface area contributed by atoms with Crippen molar-refractivity contribution in [3.8, 4) is 0 Å². The van der Waals surface area contributed by atoms with Gasteiger partial charge < -0.3 is 10.4 Å². The standard InChI is InChI=1S/C13H21NO/c1-12(13-8-4-2-5-9-13)14-10-6-3-7-11-15/h2,4-5,8-9,12,14-15H,3,6-7,10-11H2,1H3/t12-/m1/s1. The first-order valence-electron chi connectivity index (χ1n) is 5.74. The van der Waals surface area contributed by atoms with Crippen molar-refractivity contribution < 1.29 is 5.11 Å². The van der Waals surface area contributed by atoms with Gasteiger partial charge >= 0.3 is 0 Å². The zero-order valence-corrected chi connectivity index (χ0v) is 9.45. The van der Waals surface area contributed by atoms with Crippen LogP contribution in [0.1, 0.15) is 37.8 Å². The van der Waals surface area contributed by atoms with E-state index in [0.717, 1.165) is 25.8 Å². The number of aliphatic hydroxyl groups is 1. The second-order valence-electron chi connectivity index (χ2n) is 3.87. The molecule has 0 unspecified atom stereocenters. The predicted octanol–water partition coefficient (Wildman–Crippen LogP) is 2.50. The minimum Gasteiger partial charge on any atom is -0.396 e. The molecule has 0 fully saturated rings. The van der Waals surface area contributed by atoms with Crippen LogP contribution >= 0.6 is 0 Å². The maximum Gasteiger partial charge on any atom is 0.0431 e. The first-order valence-corrected chi connectivity index (χ1v) is 5.74. The fourth-order valence-corrected chi connectivity index (χ4v) is 1.59. The Hall–Kier alpha value is -0.860. The maximum absolute atomic E-state index is 8.63. The molecule has 2 nitrogen and oxygen atoms in total. The second-order valence-corrected chi connectivity index (χ2v) is 3.87. The Balaban J connectivity index is 2.16. The summed E-state index contributed by atoms with van der Waals surface area (Å²) in [5, 5.41) is 12.1. The molecule has 0 heterocycles. The summed E-state index contributed by atoms with van der Waals surface area (Å²) in [5.41, 5.74) is 1.33. The molecule has 2 N–H and O–H groups in total. The van der Waals surface area contributed by atoms with Gasteiger partial charge in [-0.3, -0.25) is 0 Å². The van der Waals surface area contributed by atoms with Crippen molar-refractivity contribution in [3.05, 3.63) is 35.9 Å². The molecule has 1 aromatic carbocycles. The molecule has 0 aliphatic heterocycles. The molecule has 84 valence electrons.